The van der Waals surface area contributed by atoms with Crippen molar-refractivity contribution in [2.24, 2.45) is 0 Å². The molecule has 3 aromatic rings. The monoisotopic (exact) mass is 420 g/mol. The Kier molecular flexibility index (Phi) is 5.65. The van der Waals surface area contributed by atoms with Gasteiger partial charge in [-0.1, -0.05) is 48.9 Å². The van der Waals surface area contributed by atoms with E-state index >= 15 is 0 Å². The number of alkyl halides is 3. The van der Waals surface area contributed by atoms with E-state index in [-0.39, 0.29) is 12.2 Å². The molecule has 5 nitrogen and oxygen atoms in total. The van der Waals surface area contributed by atoms with Crippen LogP contribution >= 0.6 is 0 Å². The normalized spacial score (nSPS) is 12.1. The van der Waals surface area contributed by atoms with Crippen LogP contribution in [-0.4, -0.2) is 27.4 Å². The average Bonchev–Trinajstić information content (AvgIpc) is 3.12. The molecule has 1 N–H and O–H groups in total. The maximum absolute atomic E-state index is 13.7. The van der Waals surface area contributed by atoms with E-state index < -0.39 is 34.7 Å². The molecule has 0 fully saturated rings. The zero-order valence-electron chi connectivity index (χ0n) is 16.6. The summed E-state index contributed by atoms with van der Waals surface area (Å²) in [6, 6.07) is 11.9. The van der Waals surface area contributed by atoms with Crippen molar-refractivity contribution in [3.63, 3.8) is 0 Å². The number of nitrogens with one attached hydrogen (secondary N) is 1. The molecular weight excluding hydrogens is 400 g/mol. The van der Waals surface area contributed by atoms with Crippen LogP contribution in [0.15, 0.2) is 48.5 Å². The lowest BCUT2D eigenvalue weighted by Gasteiger charge is -2.26. The van der Waals surface area contributed by atoms with Crippen LogP contribution in [0.2, 0.25) is 0 Å². The number of aromatic nitrogens is 3. The second kappa shape index (κ2) is 7.89. The summed E-state index contributed by atoms with van der Waals surface area (Å²) < 4.78 is 54.7. The number of hydrogen-bond donors (Lipinski definition) is 1. The second-order valence-electron chi connectivity index (χ2n) is 7.61. The van der Waals surface area contributed by atoms with Gasteiger partial charge < -0.3 is 5.32 Å². The Morgan fingerprint density at radius 1 is 1.10 bits per heavy atom. The minimum absolute atomic E-state index is 0.0598. The smallest absolute Gasteiger partial charge is 0.350 e. The van der Waals surface area contributed by atoms with E-state index in [0.717, 1.165) is 35.4 Å². The fourth-order valence-electron chi connectivity index (χ4n) is 3.01. The molecule has 158 valence electrons. The van der Waals surface area contributed by atoms with Gasteiger partial charge in [-0.05, 0) is 36.8 Å². The number of carbonyl (C=O) groups excluding carboxylic acids is 1. The molecule has 0 aliphatic rings. The van der Waals surface area contributed by atoms with Crippen molar-refractivity contribution in [1.29, 1.82) is 0 Å². The topological polar surface area (TPSA) is 59.8 Å². The SMILES string of the molecule is Cc1cccc(C(C)(C)CNC(=O)c2nnn(-c3ccc(F)cc3)c2C(F)(F)F)c1. The number of hydrogen-bond acceptors (Lipinski definition) is 3. The molecule has 0 unspecified atom stereocenters. The summed E-state index contributed by atoms with van der Waals surface area (Å²) in [5, 5.41) is 9.47. The molecule has 3 rings (SSSR count). The minimum Gasteiger partial charge on any atom is -0.350 e. The van der Waals surface area contributed by atoms with Gasteiger partial charge in [0.2, 0.25) is 0 Å². The van der Waals surface area contributed by atoms with Gasteiger partial charge in [0.15, 0.2) is 11.4 Å². The Hall–Kier alpha value is -3.23. The van der Waals surface area contributed by atoms with Crippen LogP contribution in [0.1, 0.15) is 41.2 Å². The summed E-state index contributed by atoms with van der Waals surface area (Å²) in [6.45, 7) is 5.78. The Balaban J connectivity index is 1.88. The lowest BCUT2D eigenvalue weighted by molar-refractivity contribution is -0.143. The molecule has 0 saturated heterocycles. The van der Waals surface area contributed by atoms with Crippen molar-refractivity contribution in [3.05, 3.63) is 76.9 Å². The maximum Gasteiger partial charge on any atom is 0.435 e. The molecule has 0 aliphatic heterocycles. The molecular formula is C21H20F4N4O. The van der Waals surface area contributed by atoms with Crippen molar-refractivity contribution in [2.75, 3.05) is 6.54 Å². The first-order chi connectivity index (χ1) is 14.0. The highest BCUT2D eigenvalue weighted by molar-refractivity contribution is 5.93. The third-order valence-corrected chi connectivity index (χ3v) is 4.72. The van der Waals surface area contributed by atoms with Crippen LogP contribution in [0.5, 0.6) is 0 Å². The standard InChI is InChI=1S/C21H20F4N4O/c1-13-5-4-6-14(11-13)20(2,3)12-26-19(30)17-18(21(23,24)25)29(28-27-17)16-9-7-15(22)8-10-16/h4-11H,12H2,1-3H3,(H,26,30). The zero-order chi connectivity index (χ0) is 22.1. The van der Waals surface area contributed by atoms with Gasteiger partial charge in [0.05, 0.1) is 5.69 Å². The summed E-state index contributed by atoms with van der Waals surface area (Å²) in [5.74, 6) is -1.60. The second-order valence-corrected chi connectivity index (χ2v) is 7.61. The highest BCUT2D eigenvalue weighted by atomic mass is 19.4. The highest BCUT2D eigenvalue weighted by Gasteiger charge is 2.42. The van der Waals surface area contributed by atoms with Crippen molar-refractivity contribution in [2.45, 2.75) is 32.4 Å². The Morgan fingerprint density at radius 2 is 1.77 bits per heavy atom. The first kappa shape index (κ1) is 21.5. The van der Waals surface area contributed by atoms with E-state index in [4.69, 9.17) is 0 Å². The van der Waals surface area contributed by atoms with Gasteiger partial charge in [-0.15, -0.1) is 5.10 Å². The van der Waals surface area contributed by atoms with E-state index in [2.05, 4.69) is 15.6 Å². The van der Waals surface area contributed by atoms with Crippen molar-refractivity contribution >= 4 is 5.91 Å². The van der Waals surface area contributed by atoms with Gasteiger partial charge in [0, 0.05) is 12.0 Å². The Morgan fingerprint density at radius 3 is 2.37 bits per heavy atom. The first-order valence-corrected chi connectivity index (χ1v) is 9.13. The molecule has 1 heterocycles. The van der Waals surface area contributed by atoms with E-state index in [1.54, 1.807) is 0 Å². The summed E-state index contributed by atoms with van der Waals surface area (Å²) in [6.07, 6.45) is -4.89. The lowest BCUT2D eigenvalue weighted by atomic mass is 9.84. The summed E-state index contributed by atoms with van der Waals surface area (Å²) in [5.41, 5.74) is -0.767. The van der Waals surface area contributed by atoms with Crippen molar-refractivity contribution < 1.29 is 22.4 Å². The molecule has 30 heavy (non-hydrogen) atoms. The van der Waals surface area contributed by atoms with E-state index in [9.17, 15) is 22.4 Å². The number of amides is 1. The molecule has 2 aromatic carbocycles. The van der Waals surface area contributed by atoms with E-state index in [0.29, 0.717) is 4.68 Å². The number of carbonyl (C=O) groups is 1. The van der Waals surface area contributed by atoms with Gasteiger partial charge in [0.25, 0.3) is 5.91 Å². The largest absolute Gasteiger partial charge is 0.435 e. The predicted octanol–water partition coefficient (Wildman–Crippen LogP) is 4.44. The van der Waals surface area contributed by atoms with Gasteiger partial charge in [-0.25, -0.2) is 9.07 Å². The molecule has 0 atom stereocenters. The van der Waals surface area contributed by atoms with Crippen LogP contribution in [0.4, 0.5) is 17.6 Å². The molecule has 0 aliphatic carbocycles. The van der Waals surface area contributed by atoms with Crippen molar-refractivity contribution in [1.82, 2.24) is 20.3 Å². The summed E-state index contributed by atoms with van der Waals surface area (Å²) in [4.78, 5) is 12.6. The maximum atomic E-state index is 13.7. The van der Waals surface area contributed by atoms with E-state index in [1.807, 2.05) is 45.0 Å². The summed E-state index contributed by atoms with van der Waals surface area (Å²) >= 11 is 0. The average molecular weight is 420 g/mol. The Labute approximate surface area is 170 Å². The molecule has 1 aromatic heterocycles. The van der Waals surface area contributed by atoms with Gasteiger partial charge in [0.1, 0.15) is 5.82 Å². The van der Waals surface area contributed by atoms with Crippen LogP contribution in [0.3, 0.4) is 0 Å². The highest BCUT2D eigenvalue weighted by Crippen LogP contribution is 2.33. The number of benzene rings is 2. The molecule has 0 radical (unpaired) electrons. The number of nitrogens with zero attached hydrogens (tertiary/aromatic N) is 3. The van der Waals surface area contributed by atoms with Crippen LogP contribution < -0.4 is 5.32 Å². The molecule has 0 bridgehead atoms. The molecule has 0 spiro atoms. The van der Waals surface area contributed by atoms with Gasteiger partial charge in [-0.2, -0.15) is 13.2 Å². The fraction of sp³-hybridized carbons (Fsp3) is 0.286. The van der Waals surface area contributed by atoms with Crippen LogP contribution in [0.25, 0.3) is 5.69 Å². The summed E-state index contributed by atoms with van der Waals surface area (Å²) in [7, 11) is 0. The van der Waals surface area contributed by atoms with Gasteiger partial charge in [-0.3, -0.25) is 4.79 Å². The molecule has 1 amide bonds. The minimum atomic E-state index is -4.89. The third kappa shape index (κ3) is 4.50. The van der Waals surface area contributed by atoms with Crippen LogP contribution in [-0.2, 0) is 11.6 Å². The quantitative estimate of drug-likeness (QED) is 0.621. The van der Waals surface area contributed by atoms with Crippen molar-refractivity contribution in [3.8, 4) is 5.69 Å². The molecule has 0 saturated carbocycles. The Bertz CT molecular complexity index is 1060. The third-order valence-electron chi connectivity index (χ3n) is 4.72. The van der Waals surface area contributed by atoms with Gasteiger partial charge >= 0.3 is 6.18 Å². The van der Waals surface area contributed by atoms with Crippen LogP contribution in [0, 0.1) is 12.7 Å². The predicted molar refractivity (Wildman–Crippen MR) is 103 cm³/mol. The fourth-order valence-corrected chi connectivity index (χ4v) is 3.01. The molecule has 9 heteroatoms. The lowest BCUT2D eigenvalue weighted by Crippen LogP contribution is -2.37. The number of halogens is 4. The number of rotatable bonds is 5. The number of aryl methyl sites for hydroxylation is 1. The first-order valence-electron chi connectivity index (χ1n) is 9.13. The van der Waals surface area contributed by atoms with E-state index in [1.165, 1.54) is 0 Å². The zero-order valence-corrected chi connectivity index (χ0v) is 16.6.